The van der Waals surface area contributed by atoms with Crippen molar-refractivity contribution in [3.63, 3.8) is 0 Å². The van der Waals surface area contributed by atoms with Gasteiger partial charge in [0.05, 0.1) is 5.56 Å². The van der Waals surface area contributed by atoms with Gasteiger partial charge in [-0.15, -0.1) is 0 Å². The highest BCUT2D eigenvalue weighted by Gasteiger charge is 2.27. The third-order valence-corrected chi connectivity index (χ3v) is 4.27. The van der Waals surface area contributed by atoms with Crippen molar-refractivity contribution in [2.24, 2.45) is 0 Å². The van der Waals surface area contributed by atoms with E-state index in [0.29, 0.717) is 17.1 Å². The molecule has 0 N–H and O–H groups in total. The quantitative estimate of drug-likeness (QED) is 0.549. The van der Waals surface area contributed by atoms with Gasteiger partial charge in [0.2, 0.25) is 5.78 Å². The number of ether oxygens (including phenoxy) is 2. The van der Waals surface area contributed by atoms with Crippen LogP contribution in [0.25, 0.3) is 6.08 Å². The highest BCUT2D eigenvalue weighted by atomic mass is 19.1. The van der Waals surface area contributed by atoms with Crippen molar-refractivity contribution in [2.45, 2.75) is 6.61 Å². The van der Waals surface area contributed by atoms with E-state index in [1.54, 1.807) is 42.5 Å². The van der Waals surface area contributed by atoms with Crippen molar-refractivity contribution in [3.05, 3.63) is 113 Å². The molecule has 0 amide bonds. The summed E-state index contributed by atoms with van der Waals surface area (Å²) < 4.78 is 24.6. The van der Waals surface area contributed by atoms with Gasteiger partial charge in [0.1, 0.15) is 23.9 Å². The zero-order valence-electron chi connectivity index (χ0n) is 15.0. The fourth-order valence-electron chi connectivity index (χ4n) is 2.88. The first-order valence-corrected chi connectivity index (χ1v) is 8.86. The zero-order valence-corrected chi connectivity index (χ0v) is 15.0. The van der Waals surface area contributed by atoms with Crippen molar-refractivity contribution < 1.29 is 18.7 Å². The van der Waals surface area contributed by atoms with Gasteiger partial charge in [-0.25, -0.2) is 4.39 Å². The van der Waals surface area contributed by atoms with Gasteiger partial charge in [-0.3, -0.25) is 4.79 Å². The minimum absolute atomic E-state index is 0.163. The minimum atomic E-state index is -0.303. The van der Waals surface area contributed by atoms with E-state index in [1.807, 2.05) is 36.4 Å². The molecule has 0 unspecified atom stereocenters. The first kappa shape index (κ1) is 17.7. The molecule has 4 rings (SSSR count). The predicted molar refractivity (Wildman–Crippen MR) is 106 cm³/mol. The van der Waals surface area contributed by atoms with Gasteiger partial charge in [0.25, 0.3) is 0 Å². The van der Waals surface area contributed by atoms with E-state index in [9.17, 15) is 9.18 Å². The van der Waals surface area contributed by atoms with Crippen LogP contribution in [0, 0.1) is 5.82 Å². The number of rotatable bonds is 5. The molecule has 0 saturated carbocycles. The van der Waals surface area contributed by atoms with Crippen LogP contribution in [0.1, 0.15) is 21.5 Å². The molecule has 3 aromatic rings. The molecule has 28 heavy (non-hydrogen) atoms. The lowest BCUT2D eigenvalue weighted by Gasteiger charge is -2.07. The molecule has 3 aromatic carbocycles. The standard InChI is InChI=1S/C24H17FO3/c25-19-10-4-9-18(14-19)16-27-20-12-13-21-23(15-20)28-22(24(21)26)11-5-8-17-6-2-1-3-7-17/h1-15H,16H2/b8-5+,22-11-. The number of halogens is 1. The van der Waals surface area contributed by atoms with E-state index < -0.39 is 0 Å². The SMILES string of the molecule is O=C1/C(=C/C=C/c2ccccc2)Oc2cc(OCc3cccc(F)c3)ccc21. The van der Waals surface area contributed by atoms with Gasteiger partial charge in [-0.2, -0.15) is 0 Å². The number of hydrogen-bond acceptors (Lipinski definition) is 3. The molecular weight excluding hydrogens is 355 g/mol. The summed E-state index contributed by atoms with van der Waals surface area (Å²) in [6, 6.07) is 21.1. The summed E-state index contributed by atoms with van der Waals surface area (Å²) in [4.78, 5) is 12.5. The summed E-state index contributed by atoms with van der Waals surface area (Å²) >= 11 is 0. The Balaban J connectivity index is 1.45. The Bertz CT molecular complexity index is 1070. The van der Waals surface area contributed by atoms with Gasteiger partial charge in [0.15, 0.2) is 5.76 Å². The molecule has 0 spiro atoms. The lowest BCUT2D eigenvalue weighted by Crippen LogP contribution is -1.97. The maximum atomic E-state index is 13.2. The molecule has 0 radical (unpaired) electrons. The normalized spacial score (nSPS) is 14.3. The van der Waals surface area contributed by atoms with E-state index in [0.717, 1.165) is 11.1 Å². The second-order valence-corrected chi connectivity index (χ2v) is 6.31. The number of fused-ring (bicyclic) bond motifs is 1. The van der Waals surface area contributed by atoms with Crippen molar-refractivity contribution in [1.29, 1.82) is 0 Å². The van der Waals surface area contributed by atoms with Crippen molar-refractivity contribution >= 4 is 11.9 Å². The number of benzene rings is 3. The largest absolute Gasteiger partial charge is 0.489 e. The van der Waals surface area contributed by atoms with Crippen molar-refractivity contribution in [1.82, 2.24) is 0 Å². The molecule has 0 atom stereocenters. The van der Waals surface area contributed by atoms with E-state index in [4.69, 9.17) is 9.47 Å². The maximum Gasteiger partial charge on any atom is 0.231 e. The summed E-state index contributed by atoms with van der Waals surface area (Å²) in [6.45, 7) is 0.229. The fourth-order valence-corrected chi connectivity index (χ4v) is 2.88. The number of allylic oxidation sites excluding steroid dienone is 3. The first-order chi connectivity index (χ1) is 13.7. The van der Waals surface area contributed by atoms with Crippen molar-refractivity contribution in [3.8, 4) is 11.5 Å². The van der Waals surface area contributed by atoms with Crippen LogP contribution in [0.3, 0.4) is 0 Å². The zero-order chi connectivity index (χ0) is 19.3. The van der Waals surface area contributed by atoms with Crippen LogP contribution in [-0.4, -0.2) is 5.78 Å². The highest BCUT2D eigenvalue weighted by molar-refractivity contribution is 6.12. The number of ketones is 1. The number of carbonyl (C=O) groups excluding carboxylic acids is 1. The summed E-state index contributed by atoms with van der Waals surface area (Å²) in [5, 5.41) is 0. The minimum Gasteiger partial charge on any atom is -0.489 e. The van der Waals surface area contributed by atoms with Crippen molar-refractivity contribution in [2.75, 3.05) is 0 Å². The van der Waals surface area contributed by atoms with Crippen LogP contribution in [0.15, 0.2) is 90.7 Å². The summed E-state index contributed by atoms with van der Waals surface area (Å²) in [6.07, 6.45) is 5.35. The molecule has 0 bridgehead atoms. The molecule has 4 heteroatoms. The van der Waals surface area contributed by atoms with Crippen LogP contribution in [-0.2, 0) is 6.61 Å². The molecule has 0 fully saturated rings. The fraction of sp³-hybridized carbons (Fsp3) is 0.0417. The van der Waals surface area contributed by atoms with Crippen LogP contribution in [0.5, 0.6) is 11.5 Å². The molecular formula is C24H17FO3. The summed E-state index contributed by atoms with van der Waals surface area (Å²) in [7, 11) is 0. The molecule has 3 nitrogen and oxygen atoms in total. The first-order valence-electron chi connectivity index (χ1n) is 8.86. The van der Waals surface area contributed by atoms with E-state index in [2.05, 4.69) is 0 Å². The molecule has 1 aliphatic rings. The number of hydrogen-bond donors (Lipinski definition) is 0. The maximum absolute atomic E-state index is 13.2. The highest BCUT2D eigenvalue weighted by Crippen LogP contribution is 2.34. The van der Waals surface area contributed by atoms with Gasteiger partial charge in [-0.05, 0) is 41.5 Å². The molecule has 138 valence electrons. The third kappa shape index (κ3) is 4.01. The molecule has 1 heterocycles. The van der Waals surface area contributed by atoms with Crippen LogP contribution >= 0.6 is 0 Å². The van der Waals surface area contributed by atoms with Gasteiger partial charge < -0.3 is 9.47 Å². The van der Waals surface area contributed by atoms with Gasteiger partial charge in [-0.1, -0.05) is 54.6 Å². The van der Waals surface area contributed by atoms with Crippen LogP contribution in [0.2, 0.25) is 0 Å². The second-order valence-electron chi connectivity index (χ2n) is 6.31. The van der Waals surface area contributed by atoms with Gasteiger partial charge in [0, 0.05) is 6.07 Å². The smallest absolute Gasteiger partial charge is 0.231 e. The van der Waals surface area contributed by atoms with E-state index >= 15 is 0 Å². The van der Waals surface area contributed by atoms with Gasteiger partial charge >= 0.3 is 0 Å². The molecule has 0 aromatic heterocycles. The Kier molecular flexibility index (Phi) is 5.02. The average molecular weight is 372 g/mol. The topological polar surface area (TPSA) is 35.5 Å². The lowest BCUT2D eigenvalue weighted by atomic mass is 10.1. The predicted octanol–water partition coefficient (Wildman–Crippen LogP) is 5.58. The molecule has 1 aliphatic heterocycles. The Hall–Kier alpha value is -3.66. The second kappa shape index (κ2) is 7.92. The Labute approximate surface area is 162 Å². The number of carbonyl (C=O) groups is 1. The van der Waals surface area contributed by atoms with Crippen LogP contribution < -0.4 is 9.47 Å². The van der Waals surface area contributed by atoms with E-state index in [-0.39, 0.29) is 24.0 Å². The Morgan fingerprint density at radius 2 is 1.82 bits per heavy atom. The number of Topliss-reactive ketones (excluding diaryl/α,β-unsaturated/α-hetero) is 1. The average Bonchev–Trinajstić information content (AvgIpc) is 3.02. The molecule has 0 aliphatic carbocycles. The Morgan fingerprint density at radius 3 is 2.64 bits per heavy atom. The lowest BCUT2D eigenvalue weighted by molar-refractivity contribution is 0.101. The monoisotopic (exact) mass is 372 g/mol. The van der Waals surface area contributed by atoms with Crippen LogP contribution in [0.4, 0.5) is 4.39 Å². The Morgan fingerprint density at radius 1 is 0.964 bits per heavy atom. The third-order valence-electron chi connectivity index (χ3n) is 4.27. The molecule has 0 saturated heterocycles. The van der Waals surface area contributed by atoms with E-state index in [1.165, 1.54) is 12.1 Å². The summed E-state index contributed by atoms with van der Waals surface area (Å²) in [5.74, 6) is 0.814. The summed E-state index contributed by atoms with van der Waals surface area (Å²) in [5.41, 5.74) is 2.26.